The van der Waals surface area contributed by atoms with Gasteiger partial charge in [-0.1, -0.05) is 51.0 Å². The van der Waals surface area contributed by atoms with E-state index in [0.29, 0.717) is 6.42 Å². The van der Waals surface area contributed by atoms with E-state index in [2.05, 4.69) is 13.8 Å². The van der Waals surface area contributed by atoms with Gasteiger partial charge in [0.05, 0.1) is 12.0 Å². The topological polar surface area (TPSA) is 46.5 Å². The Morgan fingerprint density at radius 1 is 1.30 bits per heavy atom. The zero-order chi connectivity index (χ0) is 14.5. The van der Waals surface area contributed by atoms with Crippen molar-refractivity contribution >= 4 is 18.4 Å². The number of Topliss-reactive ketones (excluding diaryl/α,β-unsaturated/α-hetero) is 1. The van der Waals surface area contributed by atoms with E-state index in [9.17, 15) is 9.82 Å². The third-order valence-corrected chi connectivity index (χ3v) is 3.97. The molecule has 1 aliphatic heterocycles. The maximum atomic E-state index is 12.5. The molecule has 3 nitrogen and oxygen atoms in total. The van der Waals surface area contributed by atoms with Crippen molar-refractivity contribution in [2.75, 3.05) is 0 Å². The minimum Gasteiger partial charge on any atom is -0.423 e. The van der Waals surface area contributed by atoms with Gasteiger partial charge in [0, 0.05) is 6.42 Å². The number of ketones is 1. The lowest BCUT2D eigenvalue weighted by Crippen LogP contribution is -2.49. The van der Waals surface area contributed by atoms with Crippen molar-refractivity contribution in [3.05, 3.63) is 29.8 Å². The van der Waals surface area contributed by atoms with Crippen molar-refractivity contribution in [1.29, 1.82) is 0 Å². The number of hydrogen-bond donors (Lipinski definition) is 1. The predicted molar refractivity (Wildman–Crippen MR) is 81.1 cm³/mol. The van der Waals surface area contributed by atoms with Crippen molar-refractivity contribution in [3.8, 4) is 0 Å². The van der Waals surface area contributed by atoms with Gasteiger partial charge in [0.1, 0.15) is 5.78 Å². The lowest BCUT2D eigenvalue weighted by molar-refractivity contribution is -0.123. The Hall–Kier alpha value is -1.13. The summed E-state index contributed by atoms with van der Waals surface area (Å²) >= 11 is 0. The van der Waals surface area contributed by atoms with Crippen LogP contribution in [0.2, 0.25) is 0 Å². The third kappa shape index (κ3) is 3.13. The normalized spacial score (nSPS) is 21.6. The molecular formula is C16H23BO3. The van der Waals surface area contributed by atoms with Crippen LogP contribution in [0.25, 0.3) is 0 Å². The molecule has 1 aromatic carbocycles. The van der Waals surface area contributed by atoms with E-state index in [-0.39, 0.29) is 17.8 Å². The summed E-state index contributed by atoms with van der Waals surface area (Å²) in [6, 6.07) is 7.61. The van der Waals surface area contributed by atoms with Crippen LogP contribution in [0.15, 0.2) is 24.3 Å². The van der Waals surface area contributed by atoms with Gasteiger partial charge in [-0.25, -0.2) is 0 Å². The van der Waals surface area contributed by atoms with Gasteiger partial charge in [-0.3, -0.25) is 4.79 Å². The van der Waals surface area contributed by atoms with Crippen molar-refractivity contribution in [3.63, 3.8) is 0 Å². The zero-order valence-corrected chi connectivity index (χ0v) is 12.3. The Bertz CT molecular complexity index is 461. The van der Waals surface area contributed by atoms with Gasteiger partial charge in [-0.05, 0) is 23.9 Å². The molecule has 20 heavy (non-hydrogen) atoms. The molecule has 1 N–H and O–H groups in total. The quantitative estimate of drug-likeness (QED) is 0.810. The molecule has 0 spiro atoms. The molecule has 2 atom stereocenters. The van der Waals surface area contributed by atoms with Crippen LogP contribution in [0.4, 0.5) is 0 Å². The number of rotatable bonds is 6. The largest absolute Gasteiger partial charge is 0.491 e. The van der Waals surface area contributed by atoms with Crippen LogP contribution in [0, 0.1) is 0 Å². The number of benzene rings is 1. The smallest absolute Gasteiger partial charge is 0.423 e. The van der Waals surface area contributed by atoms with Gasteiger partial charge < -0.3 is 9.68 Å². The van der Waals surface area contributed by atoms with E-state index in [1.54, 1.807) is 0 Å². The van der Waals surface area contributed by atoms with Crippen molar-refractivity contribution in [2.24, 2.45) is 0 Å². The fourth-order valence-electron chi connectivity index (χ4n) is 2.94. The highest BCUT2D eigenvalue weighted by Crippen LogP contribution is 2.31. The Labute approximate surface area is 121 Å². The number of hydrogen-bond acceptors (Lipinski definition) is 3. The molecule has 1 aliphatic rings. The van der Waals surface area contributed by atoms with Gasteiger partial charge in [0.25, 0.3) is 0 Å². The molecule has 1 aromatic rings. The molecular weight excluding hydrogens is 251 g/mol. The van der Waals surface area contributed by atoms with Crippen LogP contribution in [0.1, 0.15) is 57.4 Å². The van der Waals surface area contributed by atoms with Crippen molar-refractivity contribution in [1.82, 2.24) is 0 Å². The molecule has 0 aromatic heterocycles. The summed E-state index contributed by atoms with van der Waals surface area (Å²) in [5.41, 5.74) is 1.69. The molecule has 0 saturated carbocycles. The maximum Gasteiger partial charge on any atom is 0.491 e. The standard InChI is InChI=1S/C16H23BO3/c1-3-5-11-14(18)16-12-9-6-7-10-13(12)17(19)20-15(16)8-4-2/h6-7,9-10,15-16,19H,3-5,8,11H2,1-2H3/t15-,16-/m0/s1. The Kier molecular flexibility index (Phi) is 5.38. The predicted octanol–water partition coefficient (Wildman–Crippen LogP) is 2.42. The fourth-order valence-corrected chi connectivity index (χ4v) is 2.94. The monoisotopic (exact) mass is 274 g/mol. The summed E-state index contributed by atoms with van der Waals surface area (Å²) in [4.78, 5) is 12.5. The Balaban J connectivity index is 2.31. The van der Waals surface area contributed by atoms with Gasteiger partial charge in [0.2, 0.25) is 0 Å². The molecule has 108 valence electrons. The summed E-state index contributed by atoms with van der Waals surface area (Å²) in [6.07, 6.45) is 4.07. The summed E-state index contributed by atoms with van der Waals surface area (Å²) in [7, 11) is -0.905. The maximum absolute atomic E-state index is 12.5. The van der Waals surface area contributed by atoms with Crippen LogP contribution in [0.5, 0.6) is 0 Å². The van der Waals surface area contributed by atoms with E-state index >= 15 is 0 Å². The van der Waals surface area contributed by atoms with Crippen LogP contribution in [-0.2, 0) is 9.45 Å². The van der Waals surface area contributed by atoms with Gasteiger partial charge in [0.15, 0.2) is 0 Å². The lowest BCUT2D eigenvalue weighted by atomic mass is 9.67. The summed E-state index contributed by atoms with van der Waals surface area (Å²) < 4.78 is 5.70. The van der Waals surface area contributed by atoms with E-state index in [1.807, 2.05) is 24.3 Å². The molecule has 2 rings (SSSR count). The number of fused-ring (bicyclic) bond motifs is 1. The molecule has 0 amide bonds. The van der Waals surface area contributed by atoms with Crippen molar-refractivity contribution < 1.29 is 14.5 Å². The van der Waals surface area contributed by atoms with Gasteiger partial charge >= 0.3 is 7.12 Å². The second kappa shape index (κ2) is 7.05. The average molecular weight is 274 g/mol. The zero-order valence-electron chi connectivity index (χ0n) is 12.3. The van der Waals surface area contributed by atoms with Crippen molar-refractivity contribution in [2.45, 2.75) is 58.0 Å². The average Bonchev–Trinajstić information content (AvgIpc) is 2.45. The van der Waals surface area contributed by atoms with E-state index in [1.165, 1.54) is 0 Å². The molecule has 0 aliphatic carbocycles. The number of carbonyl (C=O) groups excluding carboxylic acids is 1. The highest BCUT2D eigenvalue weighted by atomic mass is 16.5. The molecule has 0 saturated heterocycles. The summed E-state index contributed by atoms with van der Waals surface area (Å²) in [5, 5.41) is 10.1. The molecule has 0 unspecified atom stereocenters. The first-order chi connectivity index (χ1) is 9.69. The number of unbranched alkanes of at least 4 members (excludes halogenated alkanes) is 1. The molecule has 0 radical (unpaired) electrons. The first-order valence-corrected chi connectivity index (χ1v) is 7.64. The molecule has 4 heteroatoms. The molecule has 0 bridgehead atoms. The molecule has 1 heterocycles. The minimum atomic E-state index is -0.905. The van der Waals surface area contributed by atoms with Crippen LogP contribution in [0.3, 0.4) is 0 Å². The highest BCUT2D eigenvalue weighted by molar-refractivity contribution is 6.61. The Morgan fingerprint density at radius 2 is 2.05 bits per heavy atom. The van der Waals surface area contributed by atoms with Crippen LogP contribution < -0.4 is 5.46 Å². The van der Waals surface area contributed by atoms with E-state index < -0.39 is 7.12 Å². The lowest BCUT2D eigenvalue weighted by Gasteiger charge is -2.34. The highest BCUT2D eigenvalue weighted by Gasteiger charge is 2.40. The van der Waals surface area contributed by atoms with E-state index in [4.69, 9.17) is 4.65 Å². The number of carbonyl (C=O) groups is 1. The summed E-state index contributed by atoms with van der Waals surface area (Å²) in [6.45, 7) is 4.16. The Morgan fingerprint density at radius 3 is 2.75 bits per heavy atom. The van der Waals surface area contributed by atoms with Crippen LogP contribution in [-0.4, -0.2) is 24.0 Å². The SMILES string of the molecule is CCCCC(=O)[C@@H]1c2ccccc2B(O)O[C@H]1CCC. The van der Waals surface area contributed by atoms with Crippen LogP contribution >= 0.6 is 0 Å². The van der Waals surface area contributed by atoms with E-state index in [0.717, 1.165) is 36.7 Å². The molecule has 0 fully saturated rings. The minimum absolute atomic E-state index is 0.200. The second-order valence-corrected chi connectivity index (χ2v) is 5.49. The first-order valence-electron chi connectivity index (χ1n) is 7.64. The van der Waals surface area contributed by atoms with Gasteiger partial charge in [-0.2, -0.15) is 0 Å². The summed E-state index contributed by atoms with van der Waals surface area (Å²) in [5.74, 6) is 0.0192. The fraction of sp³-hybridized carbons (Fsp3) is 0.562. The second-order valence-electron chi connectivity index (χ2n) is 5.49. The third-order valence-electron chi connectivity index (χ3n) is 3.97. The first kappa shape index (κ1) is 15.3. The van der Waals surface area contributed by atoms with Gasteiger partial charge in [-0.15, -0.1) is 0 Å².